The molecule has 0 aromatic heterocycles. The molecule has 0 saturated heterocycles. The summed E-state index contributed by atoms with van der Waals surface area (Å²) in [7, 11) is -0.991. The van der Waals surface area contributed by atoms with Crippen molar-refractivity contribution in [3.05, 3.63) is 24.3 Å². The van der Waals surface area contributed by atoms with Crippen molar-refractivity contribution in [2.75, 3.05) is 23.1 Å². The molecule has 0 saturated carbocycles. The van der Waals surface area contributed by atoms with E-state index < -0.39 is 10.8 Å². The second-order valence-electron chi connectivity index (χ2n) is 3.20. The average Bonchev–Trinajstić information content (AvgIpc) is 2.29. The quantitative estimate of drug-likeness (QED) is 0.699. The number of amides is 1. The molecule has 1 aromatic carbocycles. The Morgan fingerprint density at radius 1 is 1.47 bits per heavy atom. The lowest BCUT2D eigenvalue weighted by Gasteiger charge is -2.28. The lowest BCUT2D eigenvalue weighted by Crippen LogP contribution is -2.38. The van der Waals surface area contributed by atoms with Crippen molar-refractivity contribution in [3.63, 3.8) is 0 Å². The fourth-order valence-corrected chi connectivity index (χ4v) is 2.96. The number of para-hydroxylation sites is 1. The largest absolute Gasteiger partial charge is 0.309 e. The van der Waals surface area contributed by atoms with Crippen LogP contribution in [-0.4, -0.2) is 28.3 Å². The van der Waals surface area contributed by atoms with Crippen molar-refractivity contribution in [1.29, 1.82) is 0 Å². The average molecular weight is 244 g/mol. The van der Waals surface area contributed by atoms with Crippen LogP contribution in [0, 0.1) is 0 Å². The number of fused-ring (bicyclic) bond motifs is 1. The highest BCUT2D eigenvalue weighted by Gasteiger charge is 2.25. The van der Waals surface area contributed by atoms with Crippen LogP contribution >= 0.6 is 11.6 Å². The molecule has 0 fully saturated rings. The van der Waals surface area contributed by atoms with Crippen LogP contribution in [0.3, 0.4) is 0 Å². The Labute approximate surface area is 95.5 Å². The van der Waals surface area contributed by atoms with E-state index in [9.17, 15) is 9.00 Å². The van der Waals surface area contributed by atoms with Gasteiger partial charge in [0.25, 0.3) is 0 Å². The first-order chi connectivity index (χ1) is 7.24. The first-order valence-corrected chi connectivity index (χ1v) is 6.43. The fourth-order valence-electron chi connectivity index (χ4n) is 1.61. The molecule has 0 bridgehead atoms. The molecule has 0 N–H and O–H groups in total. The Morgan fingerprint density at radius 2 is 2.20 bits per heavy atom. The summed E-state index contributed by atoms with van der Waals surface area (Å²) in [6, 6.07) is 7.25. The summed E-state index contributed by atoms with van der Waals surface area (Å²) in [6.07, 6.45) is 0. The molecule has 1 heterocycles. The minimum absolute atomic E-state index is 0.0407. The lowest BCUT2D eigenvalue weighted by atomic mass is 10.3. The summed E-state index contributed by atoms with van der Waals surface area (Å²) in [5.74, 6) is 0.307. The maximum atomic E-state index is 11.7. The van der Waals surface area contributed by atoms with E-state index in [0.29, 0.717) is 12.3 Å². The molecule has 3 nitrogen and oxygen atoms in total. The summed E-state index contributed by atoms with van der Waals surface area (Å²) in [5.41, 5.74) is 0.729. The van der Waals surface area contributed by atoms with Gasteiger partial charge in [0.05, 0.1) is 21.4 Å². The Balaban J connectivity index is 2.44. The number of rotatable bonds is 1. The second-order valence-corrected chi connectivity index (χ2v) is 5.00. The van der Waals surface area contributed by atoms with Gasteiger partial charge in [0.1, 0.15) is 5.88 Å². The molecule has 1 aliphatic heterocycles. The SMILES string of the molecule is O=C(CCl)N1CCS(=O)c2ccccc21. The van der Waals surface area contributed by atoms with Gasteiger partial charge in [-0.1, -0.05) is 12.1 Å². The summed E-state index contributed by atoms with van der Waals surface area (Å²) in [6.45, 7) is 0.481. The predicted molar refractivity (Wildman–Crippen MR) is 60.8 cm³/mol. The minimum atomic E-state index is -0.991. The molecule has 1 aromatic rings. The number of benzene rings is 1. The van der Waals surface area contributed by atoms with Gasteiger partial charge in [-0.25, -0.2) is 0 Å². The van der Waals surface area contributed by atoms with Crippen LogP contribution in [0.5, 0.6) is 0 Å². The molecular weight excluding hydrogens is 234 g/mol. The molecule has 80 valence electrons. The Morgan fingerprint density at radius 3 is 2.93 bits per heavy atom. The van der Waals surface area contributed by atoms with Gasteiger partial charge in [-0.2, -0.15) is 0 Å². The highest BCUT2D eigenvalue weighted by molar-refractivity contribution is 7.85. The van der Waals surface area contributed by atoms with Crippen LogP contribution in [0.4, 0.5) is 5.69 Å². The normalized spacial score (nSPS) is 19.8. The van der Waals surface area contributed by atoms with E-state index in [2.05, 4.69) is 0 Å². The van der Waals surface area contributed by atoms with E-state index in [-0.39, 0.29) is 11.8 Å². The van der Waals surface area contributed by atoms with Crippen LogP contribution in [0.25, 0.3) is 0 Å². The van der Waals surface area contributed by atoms with Gasteiger partial charge >= 0.3 is 0 Å². The standard InChI is InChI=1S/C10H10ClNO2S/c11-7-10(13)12-5-6-15(14)9-4-2-1-3-8(9)12/h1-4H,5-7H2. The number of carbonyl (C=O) groups excluding carboxylic acids is 1. The number of nitrogens with zero attached hydrogens (tertiary/aromatic N) is 1. The zero-order chi connectivity index (χ0) is 10.8. The first kappa shape index (κ1) is 10.6. The molecule has 2 rings (SSSR count). The molecule has 0 radical (unpaired) electrons. The van der Waals surface area contributed by atoms with E-state index in [1.165, 1.54) is 0 Å². The molecule has 15 heavy (non-hydrogen) atoms. The van der Waals surface area contributed by atoms with E-state index in [4.69, 9.17) is 11.6 Å². The van der Waals surface area contributed by atoms with Gasteiger partial charge in [-0.05, 0) is 12.1 Å². The highest BCUT2D eigenvalue weighted by atomic mass is 35.5. The van der Waals surface area contributed by atoms with Crippen LogP contribution in [0.1, 0.15) is 0 Å². The van der Waals surface area contributed by atoms with Gasteiger partial charge in [0.2, 0.25) is 5.91 Å². The summed E-state index contributed by atoms with van der Waals surface area (Å²) in [4.78, 5) is 13.9. The zero-order valence-corrected chi connectivity index (χ0v) is 9.55. The number of halogens is 1. The highest BCUT2D eigenvalue weighted by Crippen LogP contribution is 2.27. The van der Waals surface area contributed by atoms with E-state index in [1.54, 1.807) is 17.0 Å². The van der Waals surface area contributed by atoms with Crippen molar-refractivity contribution in [2.45, 2.75) is 4.90 Å². The van der Waals surface area contributed by atoms with Crippen molar-refractivity contribution >= 4 is 34.0 Å². The van der Waals surface area contributed by atoms with Crippen LogP contribution in [-0.2, 0) is 15.6 Å². The fraction of sp³-hybridized carbons (Fsp3) is 0.300. The number of anilines is 1. The molecule has 0 aliphatic carbocycles. The molecule has 5 heteroatoms. The van der Waals surface area contributed by atoms with E-state index >= 15 is 0 Å². The summed E-state index contributed by atoms with van der Waals surface area (Å²) in [5, 5.41) is 0. The minimum Gasteiger partial charge on any atom is -0.309 e. The Kier molecular flexibility index (Phi) is 3.07. The maximum Gasteiger partial charge on any atom is 0.241 e. The van der Waals surface area contributed by atoms with Crippen molar-refractivity contribution in [1.82, 2.24) is 0 Å². The van der Waals surface area contributed by atoms with E-state index in [1.807, 2.05) is 12.1 Å². The molecular formula is C10H10ClNO2S. The second kappa shape index (κ2) is 4.33. The van der Waals surface area contributed by atoms with Crippen LogP contribution in [0.2, 0.25) is 0 Å². The van der Waals surface area contributed by atoms with Gasteiger partial charge in [-0.15, -0.1) is 11.6 Å². The third-order valence-corrected chi connectivity index (χ3v) is 3.93. The smallest absolute Gasteiger partial charge is 0.241 e. The van der Waals surface area contributed by atoms with Gasteiger partial charge < -0.3 is 4.90 Å². The predicted octanol–water partition coefficient (Wildman–Crippen LogP) is 1.38. The van der Waals surface area contributed by atoms with E-state index in [0.717, 1.165) is 10.6 Å². The Hall–Kier alpha value is -0.870. The van der Waals surface area contributed by atoms with Gasteiger partial charge in [0.15, 0.2) is 0 Å². The maximum absolute atomic E-state index is 11.7. The molecule has 1 aliphatic rings. The lowest BCUT2D eigenvalue weighted by molar-refractivity contribution is -0.116. The molecule has 1 unspecified atom stereocenters. The van der Waals surface area contributed by atoms with Crippen LogP contribution < -0.4 is 4.90 Å². The van der Waals surface area contributed by atoms with Gasteiger partial charge in [0, 0.05) is 12.3 Å². The molecule has 1 amide bonds. The van der Waals surface area contributed by atoms with Crippen LogP contribution in [0.15, 0.2) is 29.2 Å². The van der Waals surface area contributed by atoms with Crippen molar-refractivity contribution in [3.8, 4) is 0 Å². The first-order valence-electron chi connectivity index (χ1n) is 4.58. The summed E-state index contributed by atoms with van der Waals surface area (Å²) < 4.78 is 11.7. The Bertz CT molecular complexity index is 422. The number of alkyl halides is 1. The number of hydrogen-bond donors (Lipinski definition) is 0. The molecule has 0 spiro atoms. The van der Waals surface area contributed by atoms with Crippen molar-refractivity contribution < 1.29 is 9.00 Å². The topological polar surface area (TPSA) is 37.4 Å². The third kappa shape index (κ3) is 1.92. The zero-order valence-electron chi connectivity index (χ0n) is 7.98. The van der Waals surface area contributed by atoms with Crippen molar-refractivity contribution in [2.24, 2.45) is 0 Å². The third-order valence-electron chi connectivity index (χ3n) is 2.32. The number of carbonyl (C=O) groups is 1. The summed E-state index contributed by atoms with van der Waals surface area (Å²) >= 11 is 5.52. The van der Waals surface area contributed by atoms with Gasteiger partial charge in [-0.3, -0.25) is 9.00 Å². The monoisotopic (exact) mass is 243 g/mol. The molecule has 1 atom stereocenters. The number of hydrogen-bond acceptors (Lipinski definition) is 2.